The van der Waals surface area contributed by atoms with Crippen molar-refractivity contribution in [3.8, 4) is 11.5 Å². The lowest BCUT2D eigenvalue weighted by Crippen LogP contribution is -2.28. The van der Waals surface area contributed by atoms with E-state index in [0.29, 0.717) is 17.2 Å². The molecule has 2 aromatic rings. The molecule has 1 unspecified atom stereocenters. The van der Waals surface area contributed by atoms with Crippen molar-refractivity contribution in [3.63, 3.8) is 0 Å². The third-order valence-electron chi connectivity index (χ3n) is 3.69. The standard InChI is InChI=1S/C19H16ClNO5/c1-2-24-19(23)14(18(22)13-5-3-4-6-15(13)20)10-21-12-7-8-16-17(9-12)26-11-25-16/h3-10,14H,2,11H2,1H3. The summed E-state index contributed by atoms with van der Waals surface area (Å²) in [7, 11) is 0. The van der Waals surface area contributed by atoms with Gasteiger partial charge in [-0.15, -0.1) is 0 Å². The minimum Gasteiger partial charge on any atom is -0.465 e. The molecule has 2 aromatic carbocycles. The van der Waals surface area contributed by atoms with Gasteiger partial charge in [0.25, 0.3) is 0 Å². The van der Waals surface area contributed by atoms with Crippen molar-refractivity contribution in [3.05, 3.63) is 53.1 Å². The van der Waals surface area contributed by atoms with Gasteiger partial charge in [-0.3, -0.25) is 14.6 Å². The third kappa shape index (κ3) is 3.86. The lowest BCUT2D eigenvalue weighted by Gasteiger charge is -2.11. The number of aliphatic imine (C=N–C) groups is 1. The zero-order valence-corrected chi connectivity index (χ0v) is 14.7. The van der Waals surface area contributed by atoms with Crippen molar-refractivity contribution in [2.45, 2.75) is 6.92 Å². The third-order valence-corrected chi connectivity index (χ3v) is 4.02. The average Bonchev–Trinajstić information content (AvgIpc) is 3.10. The summed E-state index contributed by atoms with van der Waals surface area (Å²) in [6.45, 7) is 1.98. The molecular weight excluding hydrogens is 358 g/mol. The van der Waals surface area contributed by atoms with Crippen LogP contribution in [0.4, 0.5) is 5.69 Å². The van der Waals surface area contributed by atoms with Gasteiger partial charge in [-0.1, -0.05) is 23.7 Å². The molecule has 26 heavy (non-hydrogen) atoms. The number of nitrogens with zero attached hydrogens (tertiary/aromatic N) is 1. The lowest BCUT2D eigenvalue weighted by molar-refractivity contribution is -0.143. The highest BCUT2D eigenvalue weighted by molar-refractivity contribution is 6.35. The first-order valence-corrected chi connectivity index (χ1v) is 8.37. The highest BCUT2D eigenvalue weighted by Gasteiger charge is 2.28. The summed E-state index contributed by atoms with van der Waals surface area (Å²) in [5.74, 6) is -1.16. The molecule has 1 atom stereocenters. The van der Waals surface area contributed by atoms with E-state index in [4.69, 9.17) is 25.8 Å². The van der Waals surface area contributed by atoms with Crippen molar-refractivity contribution in [1.29, 1.82) is 0 Å². The largest absolute Gasteiger partial charge is 0.465 e. The number of carbonyl (C=O) groups excluding carboxylic acids is 2. The number of hydrogen-bond acceptors (Lipinski definition) is 6. The molecule has 0 amide bonds. The van der Waals surface area contributed by atoms with Crippen molar-refractivity contribution in [2.75, 3.05) is 13.4 Å². The first kappa shape index (κ1) is 17.9. The second-order valence-electron chi connectivity index (χ2n) is 5.39. The first-order valence-electron chi connectivity index (χ1n) is 7.99. The van der Waals surface area contributed by atoms with Crippen LogP contribution in [-0.2, 0) is 9.53 Å². The Morgan fingerprint density at radius 2 is 2.00 bits per heavy atom. The van der Waals surface area contributed by atoms with Crippen LogP contribution in [0.25, 0.3) is 0 Å². The van der Waals surface area contributed by atoms with E-state index in [-0.39, 0.29) is 24.0 Å². The van der Waals surface area contributed by atoms with Crippen molar-refractivity contribution in [2.24, 2.45) is 10.9 Å². The molecule has 1 aliphatic rings. The lowest BCUT2D eigenvalue weighted by atomic mass is 9.98. The number of fused-ring (bicyclic) bond motifs is 1. The fourth-order valence-corrected chi connectivity index (χ4v) is 2.65. The average molecular weight is 374 g/mol. The Balaban J connectivity index is 1.88. The molecule has 0 N–H and O–H groups in total. The zero-order chi connectivity index (χ0) is 18.5. The predicted octanol–water partition coefficient (Wildman–Crippen LogP) is 3.83. The summed E-state index contributed by atoms with van der Waals surface area (Å²) in [4.78, 5) is 29.3. The van der Waals surface area contributed by atoms with Crippen LogP contribution in [0.2, 0.25) is 5.02 Å². The smallest absolute Gasteiger partial charge is 0.322 e. The highest BCUT2D eigenvalue weighted by atomic mass is 35.5. The molecule has 0 saturated heterocycles. The van der Waals surface area contributed by atoms with Crippen molar-refractivity contribution < 1.29 is 23.8 Å². The van der Waals surface area contributed by atoms with Gasteiger partial charge in [0.15, 0.2) is 23.2 Å². The minimum absolute atomic E-state index is 0.152. The van der Waals surface area contributed by atoms with Gasteiger partial charge in [-0.05, 0) is 31.2 Å². The number of Topliss-reactive ketones (excluding diaryl/α,β-unsaturated/α-hetero) is 1. The number of carbonyl (C=O) groups is 2. The summed E-state index contributed by atoms with van der Waals surface area (Å²) in [6, 6.07) is 11.6. The van der Waals surface area contributed by atoms with Crippen LogP contribution in [0, 0.1) is 5.92 Å². The summed E-state index contributed by atoms with van der Waals surface area (Å²) >= 11 is 6.08. The van der Waals surface area contributed by atoms with Gasteiger partial charge in [0.2, 0.25) is 6.79 Å². The summed E-state index contributed by atoms with van der Waals surface area (Å²) in [6.07, 6.45) is 1.27. The van der Waals surface area contributed by atoms with E-state index < -0.39 is 17.7 Å². The van der Waals surface area contributed by atoms with Crippen LogP contribution in [0.15, 0.2) is 47.5 Å². The van der Waals surface area contributed by atoms with Crippen LogP contribution in [0.5, 0.6) is 11.5 Å². The molecule has 0 spiro atoms. The molecule has 7 heteroatoms. The Hall–Kier alpha value is -2.86. The molecular formula is C19H16ClNO5. The maximum atomic E-state index is 12.8. The van der Waals surface area contributed by atoms with Crippen LogP contribution < -0.4 is 9.47 Å². The van der Waals surface area contributed by atoms with E-state index in [1.54, 1.807) is 49.4 Å². The number of ketones is 1. The van der Waals surface area contributed by atoms with E-state index in [2.05, 4.69) is 4.99 Å². The quantitative estimate of drug-likeness (QED) is 0.333. The van der Waals surface area contributed by atoms with Crippen molar-refractivity contribution >= 4 is 35.3 Å². The van der Waals surface area contributed by atoms with Gasteiger partial charge in [-0.25, -0.2) is 0 Å². The normalized spacial score (nSPS) is 13.6. The molecule has 0 aliphatic carbocycles. The van der Waals surface area contributed by atoms with Crippen LogP contribution in [-0.4, -0.2) is 31.4 Å². The monoisotopic (exact) mass is 373 g/mol. The van der Waals surface area contributed by atoms with Crippen LogP contribution in [0.1, 0.15) is 17.3 Å². The van der Waals surface area contributed by atoms with E-state index in [0.717, 1.165) is 0 Å². The molecule has 0 aromatic heterocycles. The molecule has 0 saturated carbocycles. The summed E-state index contributed by atoms with van der Waals surface area (Å²) < 4.78 is 15.5. The Labute approximate surface area is 155 Å². The van der Waals surface area contributed by atoms with Gasteiger partial charge in [0.05, 0.1) is 17.3 Å². The number of hydrogen-bond donors (Lipinski definition) is 0. The Morgan fingerprint density at radius 1 is 1.23 bits per heavy atom. The number of ether oxygens (including phenoxy) is 3. The molecule has 0 bridgehead atoms. The summed E-state index contributed by atoms with van der Waals surface area (Å²) in [5.41, 5.74) is 0.764. The minimum atomic E-state index is -1.19. The molecule has 1 heterocycles. The molecule has 3 rings (SSSR count). The second-order valence-corrected chi connectivity index (χ2v) is 5.80. The first-order chi connectivity index (χ1) is 12.6. The summed E-state index contributed by atoms with van der Waals surface area (Å²) in [5, 5.41) is 0.267. The van der Waals surface area contributed by atoms with E-state index >= 15 is 0 Å². The van der Waals surface area contributed by atoms with Gasteiger partial charge in [0.1, 0.15) is 0 Å². The van der Waals surface area contributed by atoms with E-state index in [9.17, 15) is 9.59 Å². The SMILES string of the molecule is CCOC(=O)C(C=Nc1ccc2c(c1)OCO2)C(=O)c1ccccc1Cl. The van der Waals surface area contributed by atoms with E-state index in [1.165, 1.54) is 6.21 Å². The Kier molecular flexibility index (Phi) is 5.53. The zero-order valence-electron chi connectivity index (χ0n) is 14.0. The molecule has 0 radical (unpaired) electrons. The number of halogens is 1. The van der Waals surface area contributed by atoms with E-state index in [1.807, 2.05) is 0 Å². The molecule has 6 nitrogen and oxygen atoms in total. The maximum Gasteiger partial charge on any atom is 0.322 e. The molecule has 134 valence electrons. The number of esters is 1. The van der Waals surface area contributed by atoms with Crippen LogP contribution in [0.3, 0.4) is 0 Å². The van der Waals surface area contributed by atoms with Gasteiger partial charge < -0.3 is 14.2 Å². The Bertz CT molecular complexity index is 865. The number of rotatable bonds is 6. The van der Waals surface area contributed by atoms with Crippen LogP contribution >= 0.6 is 11.6 Å². The molecule has 1 aliphatic heterocycles. The van der Waals surface area contributed by atoms with Crippen molar-refractivity contribution in [1.82, 2.24) is 0 Å². The van der Waals surface area contributed by atoms with Gasteiger partial charge in [0, 0.05) is 17.8 Å². The maximum absolute atomic E-state index is 12.8. The second kappa shape index (κ2) is 8.01. The molecule has 0 fully saturated rings. The van der Waals surface area contributed by atoms with Gasteiger partial charge in [-0.2, -0.15) is 0 Å². The van der Waals surface area contributed by atoms with Gasteiger partial charge >= 0.3 is 5.97 Å². The topological polar surface area (TPSA) is 74.2 Å². The predicted molar refractivity (Wildman–Crippen MR) is 96.6 cm³/mol. The fourth-order valence-electron chi connectivity index (χ4n) is 2.42. The fraction of sp³-hybridized carbons (Fsp3) is 0.211. The number of benzene rings is 2. The highest BCUT2D eigenvalue weighted by Crippen LogP contribution is 2.35. The Morgan fingerprint density at radius 3 is 2.77 bits per heavy atom.